The van der Waals surface area contributed by atoms with Gasteiger partial charge in [0.2, 0.25) is 0 Å². The third-order valence-corrected chi connectivity index (χ3v) is 3.43. The van der Waals surface area contributed by atoms with Crippen LogP contribution in [0.5, 0.6) is 0 Å². The molecule has 3 heterocycles. The molecular weight excluding hydrogens is 270 g/mol. The highest BCUT2D eigenvalue weighted by molar-refractivity contribution is 5.92. The Morgan fingerprint density at radius 2 is 2.14 bits per heavy atom. The van der Waals surface area contributed by atoms with Gasteiger partial charge in [0.15, 0.2) is 0 Å². The second-order valence-corrected chi connectivity index (χ2v) is 5.08. The van der Waals surface area contributed by atoms with Crippen molar-refractivity contribution in [3.63, 3.8) is 0 Å². The lowest BCUT2D eigenvalue weighted by atomic mass is 10.2. The molecule has 3 rings (SSSR count). The van der Waals surface area contributed by atoms with Gasteiger partial charge in [-0.15, -0.1) is 0 Å². The Kier molecular flexibility index (Phi) is 3.66. The predicted octanol–water partition coefficient (Wildman–Crippen LogP) is 1.03. The summed E-state index contributed by atoms with van der Waals surface area (Å²) >= 11 is 0. The van der Waals surface area contributed by atoms with E-state index >= 15 is 0 Å². The molecule has 7 nitrogen and oxygen atoms in total. The number of aromatic nitrogens is 4. The van der Waals surface area contributed by atoms with Gasteiger partial charge >= 0.3 is 0 Å². The topological polar surface area (TPSA) is 84.0 Å². The number of imidazole rings is 1. The van der Waals surface area contributed by atoms with E-state index in [4.69, 9.17) is 4.74 Å². The Labute approximate surface area is 122 Å². The van der Waals surface area contributed by atoms with Crippen LogP contribution in [-0.2, 0) is 4.74 Å². The van der Waals surface area contributed by atoms with Crippen LogP contribution < -0.4 is 0 Å². The molecule has 0 aromatic carbocycles. The van der Waals surface area contributed by atoms with E-state index in [1.165, 1.54) is 6.20 Å². The fourth-order valence-electron chi connectivity index (χ4n) is 2.33. The first-order valence-electron chi connectivity index (χ1n) is 6.84. The molecule has 1 saturated heterocycles. The van der Waals surface area contributed by atoms with E-state index in [0.717, 1.165) is 17.2 Å². The van der Waals surface area contributed by atoms with E-state index in [1.807, 2.05) is 13.8 Å². The maximum absolute atomic E-state index is 12.6. The molecule has 1 amide bonds. The number of hydrogen-bond donors (Lipinski definition) is 1. The summed E-state index contributed by atoms with van der Waals surface area (Å²) in [5.41, 5.74) is 2.08. The number of aryl methyl sites for hydroxylation is 2. The zero-order valence-electron chi connectivity index (χ0n) is 12.0. The molecule has 21 heavy (non-hydrogen) atoms. The first kappa shape index (κ1) is 13.7. The molecule has 2 aromatic heterocycles. The number of aromatic amines is 1. The Bertz CT molecular complexity index is 637. The van der Waals surface area contributed by atoms with E-state index in [2.05, 4.69) is 19.9 Å². The average molecular weight is 287 g/mol. The first-order chi connectivity index (χ1) is 10.1. The maximum Gasteiger partial charge on any atom is 0.274 e. The zero-order chi connectivity index (χ0) is 14.8. The summed E-state index contributed by atoms with van der Waals surface area (Å²) in [7, 11) is 0. The van der Waals surface area contributed by atoms with Gasteiger partial charge in [-0.25, -0.2) is 9.97 Å². The van der Waals surface area contributed by atoms with E-state index in [1.54, 1.807) is 17.3 Å². The van der Waals surface area contributed by atoms with Crippen molar-refractivity contribution in [3.05, 3.63) is 41.5 Å². The molecule has 0 spiro atoms. The van der Waals surface area contributed by atoms with E-state index in [9.17, 15) is 4.79 Å². The summed E-state index contributed by atoms with van der Waals surface area (Å²) in [5, 5.41) is 0. The lowest BCUT2D eigenvalue weighted by Crippen LogP contribution is -2.44. The highest BCUT2D eigenvalue weighted by atomic mass is 16.5. The predicted molar refractivity (Wildman–Crippen MR) is 74.7 cm³/mol. The van der Waals surface area contributed by atoms with Crippen molar-refractivity contribution in [2.45, 2.75) is 19.9 Å². The van der Waals surface area contributed by atoms with Crippen LogP contribution in [0.2, 0.25) is 0 Å². The SMILES string of the molecule is Cc1cnc(C(=O)N2CCOC[C@@H]2c2ncc(C)[nH]2)cn1. The van der Waals surface area contributed by atoms with E-state index in [0.29, 0.717) is 25.5 Å². The van der Waals surface area contributed by atoms with Crippen LogP contribution in [0.25, 0.3) is 0 Å². The molecule has 2 aromatic rings. The number of nitrogens with zero attached hydrogens (tertiary/aromatic N) is 4. The third kappa shape index (κ3) is 2.78. The highest BCUT2D eigenvalue weighted by Crippen LogP contribution is 2.23. The van der Waals surface area contributed by atoms with Gasteiger partial charge in [0.1, 0.15) is 17.6 Å². The molecule has 1 aliphatic rings. The molecule has 1 fully saturated rings. The number of morpholine rings is 1. The lowest BCUT2D eigenvalue weighted by Gasteiger charge is -2.34. The van der Waals surface area contributed by atoms with Crippen molar-refractivity contribution in [1.29, 1.82) is 0 Å². The minimum atomic E-state index is -0.219. The number of amides is 1. The standard InChI is InChI=1S/C14H17N5O2/c1-9-5-16-11(7-15-9)14(20)19-3-4-21-8-12(19)13-17-6-10(2)18-13/h5-7,12H,3-4,8H2,1-2H3,(H,17,18)/t12-/m1/s1. The van der Waals surface area contributed by atoms with Crippen molar-refractivity contribution < 1.29 is 9.53 Å². The molecule has 1 aliphatic heterocycles. The number of nitrogens with one attached hydrogen (secondary N) is 1. The summed E-state index contributed by atoms with van der Waals surface area (Å²) in [5.74, 6) is 0.588. The average Bonchev–Trinajstić information content (AvgIpc) is 2.94. The number of rotatable bonds is 2. The van der Waals surface area contributed by atoms with Gasteiger partial charge in [0.05, 0.1) is 25.1 Å². The quantitative estimate of drug-likeness (QED) is 0.892. The zero-order valence-corrected chi connectivity index (χ0v) is 12.0. The smallest absolute Gasteiger partial charge is 0.274 e. The van der Waals surface area contributed by atoms with Crippen molar-refractivity contribution >= 4 is 5.91 Å². The molecule has 0 unspecified atom stereocenters. The molecule has 1 N–H and O–H groups in total. The molecule has 0 bridgehead atoms. The summed E-state index contributed by atoms with van der Waals surface area (Å²) in [6, 6.07) is -0.219. The Balaban J connectivity index is 1.87. The van der Waals surface area contributed by atoms with E-state index < -0.39 is 0 Å². The van der Waals surface area contributed by atoms with Gasteiger partial charge < -0.3 is 14.6 Å². The normalized spacial score (nSPS) is 18.8. The van der Waals surface area contributed by atoms with Gasteiger partial charge in [-0.3, -0.25) is 9.78 Å². The van der Waals surface area contributed by atoms with Crippen LogP contribution in [0.1, 0.15) is 33.7 Å². The number of hydrogen-bond acceptors (Lipinski definition) is 5. The summed E-state index contributed by atoms with van der Waals surface area (Å²) in [6.07, 6.45) is 4.86. The monoisotopic (exact) mass is 287 g/mol. The number of ether oxygens (including phenoxy) is 1. The lowest BCUT2D eigenvalue weighted by molar-refractivity contribution is -0.00534. The van der Waals surface area contributed by atoms with Crippen LogP contribution in [0, 0.1) is 13.8 Å². The maximum atomic E-state index is 12.6. The van der Waals surface area contributed by atoms with Crippen LogP contribution in [0.4, 0.5) is 0 Å². The van der Waals surface area contributed by atoms with Gasteiger partial charge in [-0.1, -0.05) is 0 Å². The van der Waals surface area contributed by atoms with E-state index in [-0.39, 0.29) is 11.9 Å². The minimum absolute atomic E-state index is 0.148. The van der Waals surface area contributed by atoms with Crippen LogP contribution in [0.15, 0.2) is 18.6 Å². The fraction of sp³-hybridized carbons (Fsp3) is 0.429. The van der Waals surface area contributed by atoms with Crippen LogP contribution in [0.3, 0.4) is 0 Å². The molecule has 7 heteroatoms. The first-order valence-corrected chi connectivity index (χ1v) is 6.84. The molecule has 0 aliphatic carbocycles. The third-order valence-electron chi connectivity index (χ3n) is 3.43. The van der Waals surface area contributed by atoms with Crippen molar-refractivity contribution in [3.8, 4) is 0 Å². The van der Waals surface area contributed by atoms with Crippen molar-refractivity contribution in [2.24, 2.45) is 0 Å². The van der Waals surface area contributed by atoms with Gasteiger partial charge in [-0.05, 0) is 13.8 Å². The van der Waals surface area contributed by atoms with Crippen LogP contribution in [-0.4, -0.2) is 50.5 Å². The summed E-state index contributed by atoms with van der Waals surface area (Å²) in [4.78, 5) is 30.1. The number of H-pyrrole nitrogens is 1. The van der Waals surface area contributed by atoms with Crippen molar-refractivity contribution in [2.75, 3.05) is 19.8 Å². The molecular formula is C14H17N5O2. The summed E-state index contributed by atoms with van der Waals surface area (Å²) in [6.45, 7) is 5.22. The van der Waals surface area contributed by atoms with Crippen LogP contribution >= 0.6 is 0 Å². The summed E-state index contributed by atoms with van der Waals surface area (Å²) < 4.78 is 5.49. The largest absolute Gasteiger partial charge is 0.377 e. The molecule has 1 atom stereocenters. The molecule has 0 saturated carbocycles. The highest BCUT2D eigenvalue weighted by Gasteiger charge is 2.31. The Hall–Kier alpha value is -2.28. The Morgan fingerprint density at radius 1 is 1.29 bits per heavy atom. The second-order valence-electron chi connectivity index (χ2n) is 5.08. The number of carbonyl (C=O) groups excluding carboxylic acids is 1. The van der Waals surface area contributed by atoms with Crippen molar-refractivity contribution in [1.82, 2.24) is 24.8 Å². The Morgan fingerprint density at radius 3 is 2.81 bits per heavy atom. The fourth-order valence-corrected chi connectivity index (χ4v) is 2.33. The molecule has 110 valence electrons. The second kappa shape index (κ2) is 5.61. The van der Waals surface area contributed by atoms with Gasteiger partial charge in [0.25, 0.3) is 5.91 Å². The van der Waals surface area contributed by atoms with Gasteiger partial charge in [0, 0.05) is 24.6 Å². The molecule has 0 radical (unpaired) electrons. The minimum Gasteiger partial charge on any atom is -0.377 e. The number of carbonyl (C=O) groups is 1. The van der Waals surface area contributed by atoms with Gasteiger partial charge in [-0.2, -0.15) is 0 Å².